The fourth-order valence-corrected chi connectivity index (χ4v) is 0.715. The molecule has 1 aromatic carbocycles. The molecule has 0 atom stereocenters. The Hall–Kier alpha value is -1.08. The topological polar surface area (TPSA) is 17.1 Å². The molecule has 0 spiro atoms. The first-order chi connectivity index (χ1) is 4.93. The van der Waals surface area contributed by atoms with Gasteiger partial charge in [0.15, 0.2) is 0 Å². The lowest BCUT2D eigenvalue weighted by Crippen LogP contribution is -1.67. The van der Waals surface area contributed by atoms with Crippen molar-refractivity contribution in [3.8, 4) is 0 Å². The minimum atomic E-state index is 0. The van der Waals surface area contributed by atoms with E-state index in [0.717, 1.165) is 11.8 Å². The second-order valence-electron chi connectivity index (χ2n) is 1.91. The van der Waals surface area contributed by atoms with Gasteiger partial charge in [-0.3, -0.25) is 4.79 Å². The van der Waals surface area contributed by atoms with Crippen LogP contribution < -0.4 is 0 Å². The first-order valence-corrected chi connectivity index (χ1v) is 3.10. The quantitative estimate of drug-likeness (QED) is 0.489. The average Bonchev–Trinajstić information content (AvgIpc) is 2.03. The molecular weight excluding hydrogens is 160 g/mol. The smallest absolute Gasteiger partial charge is 0.142 e. The summed E-state index contributed by atoms with van der Waals surface area (Å²) in [5, 5.41) is 0. The van der Waals surface area contributed by atoms with Gasteiger partial charge in [-0.25, -0.2) is 0 Å². The highest BCUT2D eigenvalue weighted by Crippen LogP contribution is 1.99. The van der Waals surface area contributed by atoms with Crippen molar-refractivity contribution >= 4 is 24.8 Å². The Labute approximate surface area is 72.2 Å². The molecule has 0 amide bonds. The summed E-state index contributed by atoms with van der Waals surface area (Å²) < 4.78 is 0. The molecule has 1 rings (SSSR count). The summed E-state index contributed by atoms with van der Waals surface area (Å²) in [5.41, 5.74) is 1.05. The van der Waals surface area contributed by atoms with Crippen molar-refractivity contribution in [2.24, 2.45) is 0 Å². The lowest BCUT2D eigenvalue weighted by Gasteiger charge is -1.86. The maximum absolute atomic E-state index is 9.89. The summed E-state index contributed by atoms with van der Waals surface area (Å²) in [6.45, 7) is 0. The Balaban J connectivity index is 0.000001000. The van der Waals surface area contributed by atoms with Crippen LogP contribution in [0.4, 0.5) is 0 Å². The highest BCUT2D eigenvalue weighted by molar-refractivity contribution is 5.85. The van der Waals surface area contributed by atoms with Gasteiger partial charge in [-0.15, -0.1) is 12.4 Å². The molecule has 0 aliphatic heterocycles. The van der Waals surface area contributed by atoms with Gasteiger partial charge in [-0.1, -0.05) is 36.4 Å². The predicted molar refractivity (Wildman–Crippen MR) is 48.8 cm³/mol. The third kappa shape index (κ3) is 3.58. The van der Waals surface area contributed by atoms with Gasteiger partial charge in [0.05, 0.1) is 0 Å². The van der Waals surface area contributed by atoms with Crippen LogP contribution in [0.3, 0.4) is 0 Å². The van der Waals surface area contributed by atoms with E-state index in [1.54, 1.807) is 6.08 Å². The van der Waals surface area contributed by atoms with Crippen LogP contribution in [0, 0.1) is 0 Å². The molecule has 0 aromatic heterocycles. The summed E-state index contributed by atoms with van der Waals surface area (Å²) in [7, 11) is 0. The van der Waals surface area contributed by atoms with Crippen LogP contribution >= 0.6 is 12.4 Å². The Morgan fingerprint density at radius 3 is 2.27 bits per heavy atom. The number of benzene rings is 1. The summed E-state index contributed by atoms with van der Waals surface area (Å²) in [6.07, 6.45) is 4.02. The van der Waals surface area contributed by atoms with E-state index in [2.05, 4.69) is 0 Å². The summed E-state index contributed by atoms with van der Waals surface area (Å²) in [4.78, 5) is 9.89. The van der Waals surface area contributed by atoms with Crippen LogP contribution in [0.2, 0.25) is 0 Å². The molecule has 58 valence electrons. The summed E-state index contributed by atoms with van der Waals surface area (Å²) in [6, 6.07) is 9.70. The predicted octanol–water partition coefficient (Wildman–Crippen LogP) is 2.32. The molecule has 1 aromatic rings. The van der Waals surface area contributed by atoms with Crippen LogP contribution in [0.5, 0.6) is 0 Å². The molecule has 0 bridgehead atoms. The molecule has 2 heteroatoms. The van der Waals surface area contributed by atoms with Gasteiger partial charge in [-0.05, 0) is 11.6 Å². The van der Waals surface area contributed by atoms with Crippen molar-refractivity contribution in [3.05, 3.63) is 42.0 Å². The Morgan fingerprint density at radius 2 is 1.73 bits per heavy atom. The number of aldehydes is 1. The number of carbonyl (C=O) groups is 1. The summed E-state index contributed by atoms with van der Waals surface area (Å²) >= 11 is 0. The molecule has 0 aliphatic rings. The second kappa shape index (κ2) is 5.69. The zero-order valence-corrected chi connectivity index (χ0v) is 6.75. The number of hydrogen-bond donors (Lipinski definition) is 0. The van der Waals surface area contributed by atoms with Crippen LogP contribution in [-0.4, -0.2) is 6.29 Å². The third-order valence-corrected chi connectivity index (χ3v) is 1.17. The Morgan fingerprint density at radius 1 is 1.09 bits per heavy atom. The molecule has 0 saturated heterocycles. The SMILES string of the molecule is Cl.O=CC=Cc1ccccc1. The maximum atomic E-state index is 9.89. The molecule has 0 heterocycles. The lowest BCUT2D eigenvalue weighted by molar-refractivity contribution is -0.104. The van der Waals surface area contributed by atoms with Gasteiger partial charge in [0.2, 0.25) is 0 Å². The fraction of sp³-hybridized carbons (Fsp3) is 0. The standard InChI is InChI=1S/C9H8O.ClH/c10-8-4-7-9-5-2-1-3-6-9;/h1-8H;1H. The molecule has 11 heavy (non-hydrogen) atoms. The van der Waals surface area contributed by atoms with Gasteiger partial charge in [-0.2, -0.15) is 0 Å². The molecule has 0 N–H and O–H groups in total. The minimum Gasteiger partial charge on any atom is -0.299 e. The first-order valence-electron chi connectivity index (χ1n) is 3.10. The molecule has 1 nitrogen and oxygen atoms in total. The van der Waals surface area contributed by atoms with Gasteiger partial charge in [0.1, 0.15) is 6.29 Å². The zero-order valence-electron chi connectivity index (χ0n) is 5.94. The van der Waals surface area contributed by atoms with Crippen molar-refractivity contribution in [2.75, 3.05) is 0 Å². The van der Waals surface area contributed by atoms with Gasteiger partial charge >= 0.3 is 0 Å². The number of carbonyl (C=O) groups excluding carboxylic acids is 1. The second-order valence-corrected chi connectivity index (χ2v) is 1.91. The molecule has 0 radical (unpaired) electrons. The third-order valence-electron chi connectivity index (χ3n) is 1.17. The highest BCUT2D eigenvalue weighted by atomic mass is 35.5. The lowest BCUT2D eigenvalue weighted by atomic mass is 10.2. The van der Waals surface area contributed by atoms with Gasteiger partial charge in [0.25, 0.3) is 0 Å². The van der Waals surface area contributed by atoms with Crippen LogP contribution in [0.25, 0.3) is 6.08 Å². The van der Waals surface area contributed by atoms with Crippen LogP contribution in [0.1, 0.15) is 5.56 Å². The minimum absolute atomic E-state index is 0. The van der Waals surface area contributed by atoms with E-state index >= 15 is 0 Å². The van der Waals surface area contributed by atoms with E-state index in [9.17, 15) is 4.79 Å². The van der Waals surface area contributed by atoms with Gasteiger partial charge < -0.3 is 0 Å². The number of hydrogen-bond acceptors (Lipinski definition) is 1. The highest BCUT2D eigenvalue weighted by Gasteiger charge is 1.79. The number of halogens is 1. The maximum Gasteiger partial charge on any atom is 0.142 e. The van der Waals surface area contributed by atoms with Crippen molar-refractivity contribution in [1.29, 1.82) is 0 Å². The average molecular weight is 169 g/mol. The molecule has 0 unspecified atom stereocenters. The number of allylic oxidation sites excluding steroid dienone is 1. The molecule has 0 aliphatic carbocycles. The van der Waals surface area contributed by atoms with Gasteiger partial charge in [0, 0.05) is 0 Å². The molecular formula is C9H9ClO. The normalized spacial score (nSPS) is 9.09. The van der Waals surface area contributed by atoms with Crippen LogP contribution in [-0.2, 0) is 4.79 Å². The number of rotatable bonds is 2. The van der Waals surface area contributed by atoms with E-state index in [1.165, 1.54) is 6.08 Å². The van der Waals surface area contributed by atoms with E-state index in [4.69, 9.17) is 0 Å². The van der Waals surface area contributed by atoms with Crippen molar-refractivity contribution in [2.45, 2.75) is 0 Å². The fourth-order valence-electron chi connectivity index (χ4n) is 0.715. The first kappa shape index (κ1) is 9.92. The molecule has 0 saturated carbocycles. The van der Waals surface area contributed by atoms with Crippen molar-refractivity contribution < 1.29 is 4.79 Å². The Bertz CT molecular complexity index is 229. The van der Waals surface area contributed by atoms with E-state index < -0.39 is 0 Å². The Kier molecular flexibility index (Phi) is 5.13. The largest absolute Gasteiger partial charge is 0.299 e. The monoisotopic (exact) mass is 168 g/mol. The van der Waals surface area contributed by atoms with Crippen molar-refractivity contribution in [1.82, 2.24) is 0 Å². The van der Waals surface area contributed by atoms with E-state index in [0.29, 0.717) is 0 Å². The zero-order chi connectivity index (χ0) is 7.23. The summed E-state index contributed by atoms with van der Waals surface area (Å²) in [5.74, 6) is 0. The van der Waals surface area contributed by atoms with E-state index in [-0.39, 0.29) is 12.4 Å². The van der Waals surface area contributed by atoms with Crippen LogP contribution in [0.15, 0.2) is 36.4 Å². The van der Waals surface area contributed by atoms with E-state index in [1.807, 2.05) is 30.3 Å². The van der Waals surface area contributed by atoms with Crippen molar-refractivity contribution in [3.63, 3.8) is 0 Å². The molecule has 0 fully saturated rings.